The van der Waals surface area contributed by atoms with Crippen LogP contribution in [0.25, 0.3) is 0 Å². The molecule has 0 radical (unpaired) electrons. The standard InChI is InChI=1S/C11H14BrFN2O/c1-14-10(16)5-6-15-7-8-3-2-4-9(13)11(8)12/h2-4,15H,5-7H2,1H3,(H,14,16). The van der Waals surface area contributed by atoms with E-state index in [-0.39, 0.29) is 11.7 Å². The second kappa shape index (κ2) is 6.60. The maximum Gasteiger partial charge on any atom is 0.221 e. The Morgan fingerprint density at radius 3 is 2.94 bits per heavy atom. The van der Waals surface area contributed by atoms with Crippen LogP contribution in [-0.2, 0) is 11.3 Å². The van der Waals surface area contributed by atoms with Crippen LogP contribution in [0.5, 0.6) is 0 Å². The molecule has 0 unspecified atom stereocenters. The molecule has 3 nitrogen and oxygen atoms in total. The second-order valence-electron chi connectivity index (χ2n) is 3.31. The Hall–Kier alpha value is -0.940. The van der Waals surface area contributed by atoms with Crippen LogP contribution in [0.1, 0.15) is 12.0 Å². The lowest BCUT2D eigenvalue weighted by atomic mass is 10.2. The molecule has 1 amide bonds. The molecule has 0 aliphatic carbocycles. The molecule has 0 fully saturated rings. The van der Waals surface area contributed by atoms with Gasteiger partial charge in [0, 0.05) is 26.6 Å². The van der Waals surface area contributed by atoms with Gasteiger partial charge in [-0.2, -0.15) is 0 Å². The van der Waals surface area contributed by atoms with Crippen molar-refractivity contribution in [2.45, 2.75) is 13.0 Å². The fraction of sp³-hybridized carbons (Fsp3) is 0.364. The van der Waals surface area contributed by atoms with Gasteiger partial charge in [-0.1, -0.05) is 12.1 Å². The van der Waals surface area contributed by atoms with Gasteiger partial charge < -0.3 is 10.6 Å². The average Bonchev–Trinajstić information content (AvgIpc) is 2.29. The van der Waals surface area contributed by atoms with Crippen LogP contribution >= 0.6 is 15.9 Å². The first-order valence-corrected chi connectivity index (χ1v) is 5.78. The Kier molecular flexibility index (Phi) is 5.42. The number of carbonyl (C=O) groups excluding carboxylic acids is 1. The summed E-state index contributed by atoms with van der Waals surface area (Å²) in [4.78, 5) is 10.9. The average molecular weight is 289 g/mol. The Morgan fingerprint density at radius 2 is 2.25 bits per heavy atom. The molecule has 5 heteroatoms. The highest BCUT2D eigenvalue weighted by atomic mass is 79.9. The maximum atomic E-state index is 13.1. The molecule has 0 aliphatic rings. The van der Waals surface area contributed by atoms with Crippen LogP contribution in [0.4, 0.5) is 4.39 Å². The van der Waals surface area contributed by atoms with Crippen LogP contribution in [0.15, 0.2) is 22.7 Å². The summed E-state index contributed by atoms with van der Waals surface area (Å²) in [6, 6.07) is 4.90. The molecule has 0 saturated carbocycles. The number of halogens is 2. The Labute approximate surface area is 103 Å². The van der Waals surface area contributed by atoms with E-state index in [1.807, 2.05) is 6.07 Å². The van der Waals surface area contributed by atoms with Gasteiger partial charge >= 0.3 is 0 Å². The molecule has 0 heterocycles. The third kappa shape index (κ3) is 3.90. The highest BCUT2D eigenvalue weighted by molar-refractivity contribution is 9.10. The van der Waals surface area contributed by atoms with E-state index in [9.17, 15) is 9.18 Å². The summed E-state index contributed by atoms with van der Waals surface area (Å²) < 4.78 is 13.6. The second-order valence-corrected chi connectivity index (χ2v) is 4.11. The van der Waals surface area contributed by atoms with E-state index in [0.29, 0.717) is 24.0 Å². The predicted molar refractivity (Wildman–Crippen MR) is 64.5 cm³/mol. The smallest absolute Gasteiger partial charge is 0.221 e. The topological polar surface area (TPSA) is 41.1 Å². The summed E-state index contributed by atoms with van der Waals surface area (Å²) in [5, 5.41) is 5.61. The lowest BCUT2D eigenvalue weighted by Crippen LogP contribution is -2.24. The molecule has 16 heavy (non-hydrogen) atoms. The minimum absolute atomic E-state index is 0.00851. The summed E-state index contributed by atoms with van der Waals surface area (Å²) >= 11 is 3.18. The molecule has 1 aromatic rings. The van der Waals surface area contributed by atoms with Gasteiger partial charge in [0.05, 0.1) is 4.47 Å². The molecule has 2 N–H and O–H groups in total. The molecule has 0 bridgehead atoms. The van der Waals surface area contributed by atoms with Crippen LogP contribution in [0.3, 0.4) is 0 Å². The van der Waals surface area contributed by atoms with Crippen LogP contribution in [-0.4, -0.2) is 19.5 Å². The van der Waals surface area contributed by atoms with Crippen molar-refractivity contribution in [2.75, 3.05) is 13.6 Å². The maximum absolute atomic E-state index is 13.1. The van der Waals surface area contributed by atoms with Gasteiger partial charge in [0.2, 0.25) is 5.91 Å². The van der Waals surface area contributed by atoms with Crippen molar-refractivity contribution in [1.29, 1.82) is 0 Å². The number of benzene rings is 1. The number of carbonyl (C=O) groups is 1. The van der Waals surface area contributed by atoms with Gasteiger partial charge in [0.25, 0.3) is 0 Å². The van der Waals surface area contributed by atoms with Crippen molar-refractivity contribution in [2.24, 2.45) is 0 Å². The van der Waals surface area contributed by atoms with Crippen molar-refractivity contribution in [3.8, 4) is 0 Å². The molecule has 1 rings (SSSR count). The monoisotopic (exact) mass is 288 g/mol. The van der Waals surface area contributed by atoms with E-state index in [1.165, 1.54) is 6.07 Å². The zero-order chi connectivity index (χ0) is 12.0. The normalized spacial score (nSPS) is 10.2. The summed E-state index contributed by atoms with van der Waals surface area (Å²) in [6.45, 7) is 1.11. The van der Waals surface area contributed by atoms with E-state index >= 15 is 0 Å². The third-order valence-electron chi connectivity index (χ3n) is 2.15. The number of nitrogens with one attached hydrogen (secondary N) is 2. The molecule has 0 atom stereocenters. The van der Waals surface area contributed by atoms with Gasteiger partial charge in [0.15, 0.2) is 0 Å². The fourth-order valence-electron chi connectivity index (χ4n) is 1.23. The van der Waals surface area contributed by atoms with Gasteiger partial charge in [-0.15, -0.1) is 0 Å². The van der Waals surface area contributed by atoms with E-state index in [2.05, 4.69) is 26.6 Å². The van der Waals surface area contributed by atoms with Crippen molar-refractivity contribution >= 4 is 21.8 Å². The lowest BCUT2D eigenvalue weighted by Gasteiger charge is -2.06. The van der Waals surface area contributed by atoms with E-state index < -0.39 is 0 Å². The van der Waals surface area contributed by atoms with Gasteiger partial charge in [-0.3, -0.25) is 4.79 Å². The SMILES string of the molecule is CNC(=O)CCNCc1cccc(F)c1Br. The molecule has 0 spiro atoms. The number of hydrogen-bond donors (Lipinski definition) is 2. The summed E-state index contributed by atoms with van der Waals surface area (Å²) in [5.74, 6) is -0.281. The van der Waals surface area contributed by atoms with Crippen molar-refractivity contribution in [3.05, 3.63) is 34.1 Å². The highest BCUT2D eigenvalue weighted by Crippen LogP contribution is 2.19. The summed E-state index contributed by atoms with van der Waals surface area (Å²) in [7, 11) is 1.60. The number of hydrogen-bond acceptors (Lipinski definition) is 2. The third-order valence-corrected chi connectivity index (χ3v) is 3.04. The molecule has 0 aliphatic heterocycles. The zero-order valence-corrected chi connectivity index (χ0v) is 10.6. The molecule has 0 aromatic heterocycles. The van der Waals surface area contributed by atoms with Crippen LogP contribution < -0.4 is 10.6 Å². The summed E-state index contributed by atoms with van der Waals surface area (Å²) in [5.41, 5.74) is 0.844. The Bertz CT molecular complexity index is 371. The minimum Gasteiger partial charge on any atom is -0.359 e. The summed E-state index contributed by atoms with van der Waals surface area (Å²) in [6.07, 6.45) is 0.420. The quantitative estimate of drug-likeness (QED) is 0.812. The van der Waals surface area contributed by atoms with Crippen LogP contribution in [0.2, 0.25) is 0 Å². The minimum atomic E-state index is -0.273. The number of rotatable bonds is 5. The van der Waals surface area contributed by atoms with Gasteiger partial charge in [0.1, 0.15) is 5.82 Å². The van der Waals surface area contributed by atoms with E-state index in [1.54, 1.807) is 13.1 Å². The Balaban J connectivity index is 2.38. The molecular formula is C11H14BrFN2O. The number of amides is 1. The first-order valence-electron chi connectivity index (χ1n) is 4.99. The predicted octanol–water partition coefficient (Wildman–Crippen LogP) is 1.81. The van der Waals surface area contributed by atoms with E-state index in [4.69, 9.17) is 0 Å². The highest BCUT2D eigenvalue weighted by Gasteiger charge is 2.04. The van der Waals surface area contributed by atoms with E-state index in [0.717, 1.165) is 5.56 Å². The Morgan fingerprint density at radius 1 is 1.50 bits per heavy atom. The molecule has 0 saturated heterocycles. The van der Waals surface area contributed by atoms with Gasteiger partial charge in [-0.25, -0.2) is 4.39 Å². The first-order chi connectivity index (χ1) is 7.65. The molecule has 88 valence electrons. The molecular weight excluding hydrogens is 275 g/mol. The van der Waals surface area contributed by atoms with Crippen LogP contribution in [0, 0.1) is 5.82 Å². The van der Waals surface area contributed by atoms with Crippen molar-refractivity contribution in [3.63, 3.8) is 0 Å². The zero-order valence-electron chi connectivity index (χ0n) is 9.02. The lowest BCUT2D eigenvalue weighted by molar-refractivity contribution is -0.120. The van der Waals surface area contributed by atoms with Gasteiger partial charge in [-0.05, 0) is 27.6 Å². The van der Waals surface area contributed by atoms with Crippen molar-refractivity contribution in [1.82, 2.24) is 10.6 Å². The largest absolute Gasteiger partial charge is 0.359 e. The first kappa shape index (κ1) is 13.1. The fourth-order valence-corrected chi connectivity index (χ4v) is 1.64. The molecule has 1 aromatic carbocycles. The van der Waals surface area contributed by atoms with Crippen molar-refractivity contribution < 1.29 is 9.18 Å².